The zero-order chi connectivity index (χ0) is 12.8. The van der Waals surface area contributed by atoms with E-state index < -0.39 is 4.92 Å². The molecule has 1 heterocycles. The number of hydrogen-bond acceptors (Lipinski definition) is 8. The van der Waals surface area contributed by atoms with E-state index in [0.29, 0.717) is 6.54 Å². The molecular weight excluding hydrogens is 228 g/mol. The molecule has 0 aliphatic heterocycles. The third-order valence-corrected chi connectivity index (χ3v) is 2.02. The van der Waals surface area contributed by atoms with E-state index in [1.807, 2.05) is 0 Å². The van der Waals surface area contributed by atoms with Crippen LogP contribution >= 0.6 is 0 Å². The first-order valence-electron chi connectivity index (χ1n) is 4.91. The SMILES string of the molecule is CC(CO)CNc1nc(NN)ncc1[N+](=O)[O-]. The van der Waals surface area contributed by atoms with Crippen LogP contribution in [0.5, 0.6) is 0 Å². The molecule has 1 unspecified atom stereocenters. The summed E-state index contributed by atoms with van der Waals surface area (Å²) in [6, 6.07) is 0. The highest BCUT2D eigenvalue weighted by Gasteiger charge is 2.17. The maximum absolute atomic E-state index is 10.7. The Labute approximate surface area is 97.2 Å². The van der Waals surface area contributed by atoms with Crippen molar-refractivity contribution in [3.8, 4) is 0 Å². The highest BCUT2D eigenvalue weighted by atomic mass is 16.6. The van der Waals surface area contributed by atoms with Crippen LogP contribution in [-0.2, 0) is 0 Å². The van der Waals surface area contributed by atoms with E-state index in [1.165, 1.54) is 0 Å². The van der Waals surface area contributed by atoms with Crippen LogP contribution in [0.15, 0.2) is 6.20 Å². The minimum absolute atomic E-state index is 0.0200. The summed E-state index contributed by atoms with van der Waals surface area (Å²) in [7, 11) is 0. The fourth-order valence-corrected chi connectivity index (χ4v) is 1.04. The molecule has 17 heavy (non-hydrogen) atoms. The molecule has 0 saturated heterocycles. The highest BCUT2D eigenvalue weighted by Crippen LogP contribution is 2.21. The van der Waals surface area contributed by atoms with E-state index in [-0.39, 0.29) is 30.0 Å². The number of anilines is 2. The lowest BCUT2D eigenvalue weighted by Crippen LogP contribution is -2.18. The van der Waals surface area contributed by atoms with E-state index in [1.54, 1.807) is 6.92 Å². The number of aliphatic hydroxyl groups is 1. The smallest absolute Gasteiger partial charge is 0.329 e. The van der Waals surface area contributed by atoms with Crippen LogP contribution < -0.4 is 16.6 Å². The van der Waals surface area contributed by atoms with Crippen molar-refractivity contribution in [2.75, 3.05) is 23.9 Å². The van der Waals surface area contributed by atoms with Crippen molar-refractivity contribution < 1.29 is 10.0 Å². The van der Waals surface area contributed by atoms with Crippen molar-refractivity contribution in [3.05, 3.63) is 16.3 Å². The fourth-order valence-electron chi connectivity index (χ4n) is 1.04. The summed E-state index contributed by atoms with van der Waals surface area (Å²) in [5.74, 6) is 5.22. The largest absolute Gasteiger partial charge is 0.396 e. The van der Waals surface area contributed by atoms with Gasteiger partial charge >= 0.3 is 5.69 Å². The molecule has 0 radical (unpaired) electrons. The topological polar surface area (TPSA) is 139 Å². The van der Waals surface area contributed by atoms with Crippen molar-refractivity contribution in [1.82, 2.24) is 9.97 Å². The molecule has 0 aliphatic carbocycles. The summed E-state index contributed by atoms with van der Waals surface area (Å²) in [6.07, 6.45) is 1.06. The Morgan fingerprint density at radius 1 is 1.71 bits per heavy atom. The van der Waals surface area contributed by atoms with Crippen molar-refractivity contribution in [2.45, 2.75) is 6.92 Å². The van der Waals surface area contributed by atoms with Gasteiger partial charge in [0.25, 0.3) is 0 Å². The van der Waals surface area contributed by atoms with Crippen molar-refractivity contribution >= 4 is 17.5 Å². The molecular formula is C8H14N6O3. The first-order chi connectivity index (χ1) is 8.08. The van der Waals surface area contributed by atoms with Gasteiger partial charge in [0.05, 0.1) is 4.92 Å². The van der Waals surface area contributed by atoms with Gasteiger partial charge in [0.1, 0.15) is 6.20 Å². The average molecular weight is 242 g/mol. The van der Waals surface area contributed by atoms with Gasteiger partial charge in [-0.25, -0.2) is 10.8 Å². The fraction of sp³-hybridized carbons (Fsp3) is 0.500. The Balaban J connectivity index is 2.89. The molecule has 1 atom stereocenters. The van der Waals surface area contributed by atoms with E-state index in [9.17, 15) is 10.1 Å². The molecule has 1 rings (SSSR count). The van der Waals surface area contributed by atoms with Gasteiger partial charge in [0, 0.05) is 13.2 Å². The van der Waals surface area contributed by atoms with E-state index in [4.69, 9.17) is 10.9 Å². The number of nitrogens with zero attached hydrogens (tertiary/aromatic N) is 3. The lowest BCUT2D eigenvalue weighted by atomic mass is 10.2. The highest BCUT2D eigenvalue weighted by molar-refractivity contribution is 5.56. The van der Waals surface area contributed by atoms with Crippen LogP contribution in [0.3, 0.4) is 0 Å². The number of nitro groups is 1. The molecule has 94 valence electrons. The summed E-state index contributed by atoms with van der Waals surface area (Å²) < 4.78 is 0. The standard InChI is InChI=1S/C8H14N6O3/c1-5(4-15)2-10-7-6(14(16)17)3-11-8(12-7)13-9/h3,5,15H,2,4,9H2,1H3,(H2,10,11,12,13). The number of rotatable bonds is 6. The Kier molecular flexibility index (Phi) is 4.55. The summed E-state index contributed by atoms with van der Waals surface area (Å²) in [5, 5.41) is 22.3. The lowest BCUT2D eigenvalue weighted by molar-refractivity contribution is -0.384. The van der Waals surface area contributed by atoms with E-state index >= 15 is 0 Å². The van der Waals surface area contributed by atoms with Crippen LogP contribution in [0.4, 0.5) is 17.5 Å². The number of nitrogens with two attached hydrogens (primary N) is 1. The van der Waals surface area contributed by atoms with Gasteiger partial charge in [-0.2, -0.15) is 4.98 Å². The molecule has 1 aromatic heterocycles. The Hall–Kier alpha value is -2.00. The van der Waals surface area contributed by atoms with Crippen LogP contribution in [0, 0.1) is 16.0 Å². The second-order valence-electron chi connectivity index (χ2n) is 3.50. The van der Waals surface area contributed by atoms with Crippen molar-refractivity contribution in [3.63, 3.8) is 0 Å². The van der Waals surface area contributed by atoms with Gasteiger partial charge in [-0.3, -0.25) is 15.5 Å². The van der Waals surface area contributed by atoms with Crippen molar-refractivity contribution in [1.29, 1.82) is 0 Å². The molecule has 0 amide bonds. The molecule has 0 aliphatic rings. The summed E-state index contributed by atoms with van der Waals surface area (Å²) >= 11 is 0. The number of hydrogen-bond donors (Lipinski definition) is 4. The van der Waals surface area contributed by atoms with Crippen LogP contribution in [0.1, 0.15) is 6.92 Å². The molecule has 0 aromatic carbocycles. The molecule has 0 fully saturated rings. The van der Waals surface area contributed by atoms with Gasteiger partial charge in [-0.05, 0) is 5.92 Å². The van der Waals surface area contributed by atoms with Gasteiger partial charge in [0.2, 0.25) is 11.8 Å². The Morgan fingerprint density at radius 3 is 2.94 bits per heavy atom. The van der Waals surface area contributed by atoms with Crippen LogP contribution in [-0.4, -0.2) is 33.1 Å². The van der Waals surface area contributed by atoms with Crippen LogP contribution in [0.2, 0.25) is 0 Å². The third-order valence-electron chi connectivity index (χ3n) is 2.02. The van der Waals surface area contributed by atoms with Gasteiger partial charge < -0.3 is 10.4 Å². The summed E-state index contributed by atoms with van der Waals surface area (Å²) in [5.41, 5.74) is 1.96. The van der Waals surface area contributed by atoms with Crippen LogP contribution in [0.25, 0.3) is 0 Å². The first-order valence-corrected chi connectivity index (χ1v) is 4.91. The number of nitrogens with one attached hydrogen (secondary N) is 2. The molecule has 9 heteroatoms. The minimum atomic E-state index is -0.591. The number of nitrogen functional groups attached to an aromatic ring is 1. The Morgan fingerprint density at radius 2 is 2.41 bits per heavy atom. The predicted octanol–water partition coefficient (Wildman–Crippen LogP) is -0.289. The quantitative estimate of drug-likeness (QED) is 0.303. The molecule has 1 aromatic rings. The second-order valence-corrected chi connectivity index (χ2v) is 3.50. The van der Waals surface area contributed by atoms with E-state index in [0.717, 1.165) is 6.20 Å². The lowest BCUT2D eigenvalue weighted by Gasteiger charge is -2.10. The normalized spacial score (nSPS) is 11.9. The van der Waals surface area contributed by atoms with Gasteiger partial charge in [-0.15, -0.1) is 0 Å². The molecule has 9 nitrogen and oxygen atoms in total. The van der Waals surface area contributed by atoms with Gasteiger partial charge in [-0.1, -0.05) is 6.92 Å². The summed E-state index contributed by atoms with van der Waals surface area (Å²) in [6.45, 7) is 2.13. The number of hydrazine groups is 1. The third kappa shape index (κ3) is 3.50. The van der Waals surface area contributed by atoms with Crippen molar-refractivity contribution in [2.24, 2.45) is 11.8 Å². The number of aliphatic hydroxyl groups excluding tert-OH is 1. The maximum atomic E-state index is 10.7. The maximum Gasteiger partial charge on any atom is 0.329 e. The predicted molar refractivity (Wildman–Crippen MR) is 61.2 cm³/mol. The molecule has 5 N–H and O–H groups in total. The average Bonchev–Trinajstić information content (AvgIpc) is 2.35. The zero-order valence-corrected chi connectivity index (χ0v) is 9.25. The first kappa shape index (κ1) is 13.1. The zero-order valence-electron chi connectivity index (χ0n) is 9.25. The minimum Gasteiger partial charge on any atom is -0.396 e. The second kappa shape index (κ2) is 5.92. The molecule has 0 spiro atoms. The Bertz CT molecular complexity index is 399. The van der Waals surface area contributed by atoms with E-state index in [2.05, 4.69) is 20.7 Å². The molecule has 0 saturated carbocycles. The molecule has 0 bridgehead atoms. The monoisotopic (exact) mass is 242 g/mol. The number of aromatic nitrogens is 2. The summed E-state index contributed by atoms with van der Waals surface area (Å²) in [4.78, 5) is 17.6. The van der Waals surface area contributed by atoms with Gasteiger partial charge in [0.15, 0.2) is 0 Å².